The Balaban J connectivity index is 2.80. The van der Waals surface area contributed by atoms with Gasteiger partial charge in [-0.15, -0.1) is 0 Å². The van der Waals surface area contributed by atoms with Crippen molar-refractivity contribution in [1.82, 2.24) is 4.98 Å². The predicted octanol–water partition coefficient (Wildman–Crippen LogP) is 2.44. The summed E-state index contributed by atoms with van der Waals surface area (Å²) in [7, 11) is 0. The average molecular weight is 192 g/mol. The Labute approximate surface area is 84.6 Å². The van der Waals surface area contributed by atoms with Gasteiger partial charge in [-0.25, -0.2) is 0 Å². The number of hydrogen-bond donors (Lipinski definition) is 1. The van der Waals surface area contributed by atoms with Crippen LogP contribution in [0.4, 0.5) is 5.69 Å². The molecule has 0 aliphatic rings. The average Bonchev–Trinajstić information content (AvgIpc) is 2.12. The smallest absolute Gasteiger partial charge is 0.224 e. The highest BCUT2D eigenvalue weighted by Gasteiger charge is 2.06. The van der Waals surface area contributed by atoms with Crippen molar-refractivity contribution in [2.24, 2.45) is 0 Å². The summed E-state index contributed by atoms with van der Waals surface area (Å²) in [6.45, 7) is 5.85. The van der Waals surface area contributed by atoms with Crippen LogP contribution in [-0.2, 0) is 4.79 Å². The maximum Gasteiger partial charge on any atom is 0.224 e. The van der Waals surface area contributed by atoms with Crippen LogP contribution in [0.25, 0.3) is 0 Å². The summed E-state index contributed by atoms with van der Waals surface area (Å²) < 4.78 is 0. The molecule has 0 saturated heterocycles. The quantitative estimate of drug-likeness (QED) is 0.799. The van der Waals surface area contributed by atoms with Crippen LogP contribution in [0.2, 0.25) is 0 Å². The fourth-order valence-corrected chi connectivity index (χ4v) is 1.31. The third-order valence-corrected chi connectivity index (χ3v) is 2.09. The molecule has 1 aromatic heterocycles. The highest BCUT2D eigenvalue weighted by atomic mass is 16.1. The molecule has 0 aliphatic heterocycles. The molecular weight excluding hydrogens is 176 g/mol. The number of nitrogens with one attached hydrogen (secondary N) is 1. The molecule has 1 amide bonds. The monoisotopic (exact) mass is 192 g/mol. The van der Waals surface area contributed by atoms with Crippen molar-refractivity contribution >= 4 is 11.6 Å². The molecule has 3 nitrogen and oxygen atoms in total. The fraction of sp³-hybridized carbons (Fsp3) is 0.455. The van der Waals surface area contributed by atoms with Crippen LogP contribution in [0.3, 0.4) is 0 Å². The van der Waals surface area contributed by atoms with E-state index >= 15 is 0 Å². The number of amides is 1. The van der Waals surface area contributed by atoms with Crippen LogP contribution in [0, 0.1) is 13.8 Å². The molecule has 0 atom stereocenters. The van der Waals surface area contributed by atoms with Crippen LogP contribution in [-0.4, -0.2) is 10.9 Å². The minimum atomic E-state index is 0.0618. The number of carbonyl (C=O) groups excluding carboxylic acids is 1. The fourth-order valence-electron chi connectivity index (χ4n) is 1.31. The Hall–Kier alpha value is -1.38. The number of aromatic nitrogens is 1. The second-order valence-electron chi connectivity index (χ2n) is 3.39. The van der Waals surface area contributed by atoms with Crippen LogP contribution < -0.4 is 5.32 Å². The number of pyridine rings is 1. The topological polar surface area (TPSA) is 42.0 Å². The number of hydrogen-bond acceptors (Lipinski definition) is 2. The largest absolute Gasteiger partial charge is 0.324 e. The van der Waals surface area contributed by atoms with E-state index in [1.165, 1.54) is 0 Å². The van der Waals surface area contributed by atoms with E-state index < -0.39 is 0 Å². The number of aryl methyl sites for hydroxylation is 2. The molecular formula is C11H16N2O. The summed E-state index contributed by atoms with van der Waals surface area (Å²) in [4.78, 5) is 15.5. The summed E-state index contributed by atoms with van der Waals surface area (Å²) in [6.07, 6.45) is 3.18. The lowest BCUT2D eigenvalue weighted by molar-refractivity contribution is -0.116. The Bertz CT molecular complexity index is 314. The van der Waals surface area contributed by atoms with Gasteiger partial charge >= 0.3 is 0 Å². The van der Waals surface area contributed by atoms with E-state index in [1.807, 2.05) is 26.8 Å². The van der Waals surface area contributed by atoms with Gasteiger partial charge in [0.25, 0.3) is 0 Å². The third-order valence-electron chi connectivity index (χ3n) is 2.09. The molecule has 0 radical (unpaired) electrons. The zero-order valence-corrected chi connectivity index (χ0v) is 8.92. The van der Waals surface area contributed by atoms with E-state index in [2.05, 4.69) is 10.3 Å². The van der Waals surface area contributed by atoms with Crippen LogP contribution in [0.1, 0.15) is 31.0 Å². The Morgan fingerprint density at radius 1 is 1.50 bits per heavy atom. The van der Waals surface area contributed by atoms with Gasteiger partial charge in [-0.05, 0) is 31.9 Å². The van der Waals surface area contributed by atoms with E-state index in [-0.39, 0.29) is 5.91 Å². The van der Waals surface area contributed by atoms with Crippen molar-refractivity contribution in [3.8, 4) is 0 Å². The lowest BCUT2D eigenvalue weighted by Gasteiger charge is -2.09. The maximum atomic E-state index is 11.4. The van der Waals surface area contributed by atoms with Crippen molar-refractivity contribution in [3.63, 3.8) is 0 Å². The lowest BCUT2D eigenvalue weighted by Crippen LogP contribution is -2.13. The Kier molecular flexibility index (Phi) is 3.63. The van der Waals surface area contributed by atoms with Crippen molar-refractivity contribution < 1.29 is 4.79 Å². The number of nitrogens with zero attached hydrogens (tertiary/aromatic N) is 1. The minimum absolute atomic E-state index is 0.0618. The number of rotatable bonds is 3. The zero-order chi connectivity index (χ0) is 10.6. The van der Waals surface area contributed by atoms with Gasteiger partial charge in [0.2, 0.25) is 5.91 Å². The van der Waals surface area contributed by atoms with Gasteiger partial charge in [-0.3, -0.25) is 9.78 Å². The van der Waals surface area contributed by atoms with Crippen molar-refractivity contribution in [1.29, 1.82) is 0 Å². The first kappa shape index (κ1) is 10.7. The number of carbonyl (C=O) groups is 1. The molecule has 0 bridgehead atoms. The second kappa shape index (κ2) is 4.74. The van der Waals surface area contributed by atoms with Gasteiger partial charge in [0.1, 0.15) is 0 Å². The van der Waals surface area contributed by atoms with Crippen LogP contribution in [0.5, 0.6) is 0 Å². The Morgan fingerprint density at radius 3 is 2.79 bits per heavy atom. The van der Waals surface area contributed by atoms with Crippen molar-refractivity contribution in [3.05, 3.63) is 23.5 Å². The van der Waals surface area contributed by atoms with E-state index in [0.29, 0.717) is 6.42 Å². The summed E-state index contributed by atoms with van der Waals surface area (Å²) in [5, 5.41) is 2.88. The predicted molar refractivity (Wildman–Crippen MR) is 57.2 cm³/mol. The molecule has 0 aliphatic carbocycles. The molecule has 1 heterocycles. The van der Waals surface area contributed by atoms with E-state index in [0.717, 1.165) is 23.4 Å². The summed E-state index contributed by atoms with van der Waals surface area (Å²) in [5.41, 5.74) is 2.78. The standard InChI is InChI=1S/C11H16N2O/c1-4-5-10(14)13-11-8(2)6-7-12-9(11)3/h6-7H,4-5H2,1-3H3,(H,13,14). The van der Waals surface area contributed by atoms with Crippen LogP contribution >= 0.6 is 0 Å². The molecule has 14 heavy (non-hydrogen) atoms. The van der Waals surface area contributed by atoms with Gasteiger partial charge in [-0.1, -0.05) is 6.92 Å². The first-order valence-corrected chi connectivity index (χ1v) is 4.87. The molecule has 0 unspecified atom stereocenters. The van der Waals surface area contributed by atoms with Crippen molar-refractivity contribution in [2.75, 3.05) is 5.32 Å². The van der Waals surface area contributed by atoms with E-state index in [4.69, 9.17) is 0 Å². The second-order valence-corrected chi connectivity index (χ2v) is 3.39. The minimum Gasteiger partial charge on any atom is -0.324 e. The summed E-state index contributed by atoms with van der Waals surface area (Å²) >= 11 is 0. The van der Waals surface area contributed by atoms with Crippen molar-refractivity contribution in [2.45, 2.75) is 33.6 Å². The normalized spacial score (nSPS) is 9.93. The molecule has 0 aromatic carbocycles. The van der Waals surface area contributed by atoms with E-state index in [9.17, 15) is 4.79 Å². The summed E-state index contributed by atoms with van der Waals surface area (Å²) in [5.74, 6) is 0.0618. The lowest BCUT2D eigenvalue weighted by atomic mass is 10.2. The SMILES string of the molecule is CCCC(=O)Nc1c(C)ccnc1C. The molecule has 1 rings (SSSR count). The van der Waals surface area contributed by atoms with Gasteiger partial charge in [0.15, 0.2) is 0 Å². The zero-order valence-electron chi connectivity index (χ0n) is 8.92. The molecule has 3 heteroatoms. The van der Waals surface area contributed by atoms with Gasteiger partial charge in [0, 0.05) is 12.6 Å². The number of anilines is 1. The van der Waals surface area contributed by atoms with Gasteiger partial charge in [-0.2, -0.15) is 0 Å². The highest BCUT2D eigenvalue weighted by molar-refractivity contribution is 5.91. The Morgan fingerprint density at radius 2 is 2.21 bits per heavy atom. The van der Waals surface area contributed by atoms with Crippen LogP contribution in [0.15, 0.2) is 12.3 Å². The molecule has 1 N–H and O–H groups in total. The molecule has 0 spiro atoms. The molecule has 0 fully saturated rings. The molecule has 1 aromatic rings. The first-order valence-electron chi connectivity index (χ1n) is 4.87. The first-order chi connectivity index (χ1) is 6.65. The molecule has 0 saturated carbocycles. The molecule has 76 valence electrons. The maximum absolute atomic E-state index is 11.4. The highest BCUT2D eigenvalue weighted by Crippen LogP contribution is 2.17. The third kappa shape index (κ3) is 2.55. The van der Waals surface area contributed by atoms with E-state index in [1.54, 1.807) is 6.20 Å². The van der Waals surface area contributed by atoms with Gasteiger partial charge in [0.05, 0.1) is 11.4 Å². The van der Waals surface area contributed by atoms with Gasteiger partial charge < -0.3 is 5.32 Å². The summed E-state index contributed by atoms with van der Waals surface area (Å²) in [6, 6.07) is 1.90.